The largest absolute Gasteiger partial charge is 0.337 e. The molecule has 25 heavy (non-hydrogen) atoms. The van der Waals surface area contributed by atoms with Gasteiger partial charge in [-0.05, 0) is 24.3 Å². The predicted molar refractivity (Wildman–Crippen MR) is 92.6 cm³/mol. The molecule has 118 valence electrons. The number of nitrogens with one attached hydrogen (secondary N) is 3. The van der Waals surface area contributed by atoms with Gasteiger partial charge in [0.2, 0.25) is 0 Å². The molecule has 0 bridgehead atoms. The quantitative estimate of drug-likeness (QED) is 0.380. The van der Waals surface area contributed by atoms with E-state index >= 15 is 0 Å². The Balaban J connectivity index is 2.04. The molecule has 5 heterocycles. The van der Waals surface area contributed by atoms with Gasteiger partial charge in [0.05, 0.1) is 22.2 Å². The zero-order valence-corrected chi connectivity index (χ0v) is 12.7. The lowest BCUT2D eigenvalue weighted by atomic mass is 9.97. The lowest BCUT2D eigenvalue weighted by molar-refractivity contribution is 0.0880. The van der Waals surface area contributed by atoms with E-state index in [4.69, 9.17) is 0 Å². The van der Waals surface area contributed by atoms with E-state index < -0.39 is 0 Å². The van der Waals surface area contributed by atoms with Crippen LogP contribution in [0.15, 0.2) is 36.7 Å². The van der Waals surface area contributed by atoms with Crippen LogP contribution in [0.3, 0.4) is 0 Å². The molecule has 0 aliphatic carbocycles. The number of imide groups is 1. The van der Waals surface area contributed by atoms with Crippen molar-refractivity contribution in [3.05, 3.63) is 47.8 Å². The van der Waals surface area contributed by atoms with Crippen molar-refractivity contribution in [1.29, 1.82) is 0 Å². The van der Waals surface area contributed by atoms with Gasteiger partial charge in [-0.2, -0.15) is 0 Å². The van der Waals surface area contributed by atoms with Crippen molar-refractivity contribution < 1.29 is 9.59 Å². The normalized spacial score (nSPS) is 14.1. The number of carbonyl (C=O) groups excluding carboxylic acids is 2. The first-order valence-corrected chi connectivity index (χ1v) is 7.78. The number of H-pyrrole nitrogens is 2. The Labute approximate surface area is 139 Å². The molecule has 0 unspecified atom stereocenters. The Morgan fingerprint density at radius 3 is 1.68 bits per heavy atom. The van der Waals surface area contributed by atoms with Gasteiger partial charge in [-0.3, -0.25) is 14.9 Å². The van der Waals surface area contributed by atoms with Crippen LogP contribution in [0, 0.1) is 0 Å². The van der Waals surface area contributed by atoms with Gasteiger partial charge in [-0.1, -0.05) is 0 Å². The summed E-state index contributed by atoms with van der Waals surface area (Å²) >= 11 is 0. The molecule has 0 fully saturated rings. The molecule has 5 aromatic rings. The van der Waals surface area contributed by atoms with Crippen LogP contribution in [0.25, 0.3) is 43.9 Å². The van der Waals surface area contributed by atoms with Gasteiger partial charge in [0, 0.05) is 33.9 Å². The minimum absolute atomic E-state index is 0.380. The molecule has 1 aliphatic heterocycles. The maximum atomic E-state index is 12.5. The van der Waals surface area contributed by atoms with Crippen molar-refractivity contribution in [3.63, 3.8) is 0 Å². The SMILES string of the molecule is O=C1NC(=O)c2c1c1c3cccnc3[nH]c1c1[nH]c3ncccc3c21. The summed E-state index contributed by atoms with van der Waals surface area (Å²) in [6.45, 7) is 0. The van der Waals surface area contributed by atoms with Crippen LogP contribution in [-0.2, 0) is 0 Å². The molecule has 0 spiro atoms. The second-order valence-corrected chi connectivity index (χ2v) is 6.08. The van der Waals surface area contributed by atoms with Crippen molar-refractivity contribution in [2.24, 2.45) is 0 Å². The third-order valence-corrected chi connectivity index (χ3v) is 4.82. The van der Waals surface area contributed by atoms with Gasteiger partial charge in [0.15, 0.2) is 0 Å². The van der Waals surface area contributed by atoms with Crippen LogP contribution in [0.1, 0.15) is 20.7 Å². The van der Waals surface area contributed by atoms with Crippen LogP contribution >= 0.6 is 0 Å². The maximum Gasteiger partial charge on any atom is 0.259 e. The molecule has 7 heteroatoms. The highest BCUT2D eigenvalue weighted by molar-refractivity contribution is 6.38. The van der Waals surface area contributed by atoms with Crippen molar-refractivity contribution in [2.45, 2.75) is 0 Å². The monoisotopic (exact) mass is 327 g/mol. The summed E-state index contributed by atoms with van der Waals surface area (Å²) in [7, 11) is 0. The van der Waals surface area contributed by atoms with E-state index in [0.29, 0.717) is 33.2 Å². The molecule has 1 aromatic carbocycles. The lowest BCUT2D eigenvalue weighted by Gasteiger charge is -2.02. The first-order chi connectivity index (χ1) is 12.2. The number of hydrogen-bond donors (Lipinski definition) is 3. The fourth-order valence-corrected chi connectivity index (χ4v) is 3.87. The Hall–Kier alpha value is -3.74. The molecule has 0 saturated heterocycles. The van der Waals surface area contributed by atoms with Crippen LogP contribution < -0.4 is 5.32 Å². The van der Waals surface area contributed by atoms with Gasteiger partial charge < -0.3 is 9.97 Å². The van der Waals surface area contributed by atoms with Crippen LogP contribution in [-0.4, -0.2) is 31.8 Å². The fraction of sp³-hybridized carbons (Fsp3) is 0. The number of nitrogens with zero attached hydrogens (tertiary/aromatic N) is 2. The molecule has 6 rings (SSSR count). The van der Waals surface area contributed by atoms with E-state index in [-0.39, 0.29) is 11.8 Å². The molecule has 0 radical (unpaired) electrons. The number of pyridine rings is 2. The van der Waals surface area contributed by atoms with E-state index in [9.17, 15) is 9.59 Å². The summed E-state index contributed by atoms with van der Waals surface area (Å²) in [5.41, 5.74) is 3.65. The number of rotatable bonds is 0. The Kier molecular flexibility index (Phi) is 2.03. The second kappa shape index (κ2) is 4.02. The minimum Gasteiger partial charge on any atom is -0.337 e. The summed E-state index contributed by atoms with van der Waals surface area (Å²) in [6, 6.07) is 7.41. The molecular weight excluding hydrogens is 318 g/mol. The number of hydrogen-bond acceptors (Lipinski definition) is 4. The standard InChI is InChI=1S/C18H9N5O2/c24-17-11-9-7-3-1-5-19-15(7)21-13(9)14-10(12(11)18(25)23-17)8-4-2-6-20-16(8)22-14/h1-6H,(H,19,21)(H,20,22)(H,23,24,25). The lowest BCUT2D eigenvalue weighted by Crippen LogP contribution is -2.20. The van der Waals surface area contributed by atoms with Gasteiger partial charge in [0.25, 0.3) is 11.8 Å². The highest BCUT2D eigenvalue weighted by atomic mass is 16.2. The van der Waals surface area contributed by atoms with Crippen LogP contribution in [0.4, 0.5) is 0 Å². The fourth-order valence-electron chi connectivity index (χ4n) is 3.87. The predicted octanol–water partition coefficient (Wildman–Crippen LogP) is 2.63. The van der Waals surface area contributed by atoms with Crippen molar-refractivity contribution in [1.82, 2.24) is 25.3 Å². The van der Waals surface area contributed by atoms with Crippen molar-refractivity contribution in [2.75, 3.05) is 0 Å². The number of aromatic nitrogens is 4. The van der Waals surface area contributed by atoms with Gasteiger partial charge in [0.1, 0.15) is 11.3 Å². The maximum absolute atomic E-state index is 12.5. The van der Waals surface area contributed by atoms with Crippen molar-refractivity contribution in [3.8, 4) is 0 Å². The van der Waals surface area contributed by atoms with Crippen LogP contribution in [0.5, 0.6) is 0 Å². The summed E-state index contributed by atoms with van der Waals surface area (Å²) < 4.78 is 0. The minimum atomic E-state index is -0.380. The molecule has 0 atom stereocenters. The molecular formula is C18H9N5O2. The second-order valence-electron chi connectivity index (χ2n) is 6.08. The number of aromatic amines is 2. The first kappa shape index (κ1) is 12.7. The molecule has 4 aromatic heterocycles. The van der Waals surface area contributed by atoms with E-state index in [1.807, 2.05) is 24.3 Å². The first-order valence-electron chi connectivity index (χ1n) is 7.78. The highest BCUT2D eigenvalue weighted by Crippen LogP contribution is 2.40. The number of carbonyl (C=O) groups is 2. The topological polar surface area (TPSA) is 104 Å². The van der Waals surface area contributed by atoms with E-state index in [1.165, 1.54) is 0 Å². The Bertz CT molecular complexity index is 1300. The summed E-state index contributed by atoms with van der Waals surface area (Å²) in [4.78, 5) is 40.3. The third kappa shape index (κ3) is 1.37. The zero-order valence-electron chi connectivity index (χ0n) is 12.7. The Morgan fingerprint density at radius 1 is 0.720 bits per heavy atom. The number of benzene rings is 1. The summed E-state index contributed by atoms with van der Waals surface area (Å²) in [5, 5.41) is 5.47. The molecule has 1 aliphatic rings. The average molecular weight is 327 g/mol. The molecule has 0 saturated carbocycles. The van der Waals surface area contributed by atoms with E-state index in [0.717, 1.165) is 21.8 Å². The molecule has 7 nitrogen and oxygen atoms in total. The van der Waals surface area contributed by atoms with E-state index in [1.54, 1.807) is 12.4 Å². The summed E-state index contributed by atoms with van der Waals surface area (Å²) in [6.07, 6.45) is 3.38. The molecule has 3 N–H and O–H groups in total. The van der Waals surface area contributed by atoms with E-state index in [2.05, 4.69) is 25.3 Å². The molecule has 2 amide bonds. The smallest absolute Gasteiger partial charge is 0.259 e. The third-order valence-electron chi connectivity index (χ3n) is 4.82. The van der Waals surface area contributed by atoms with Gasteiger partial charge >= 0.3 is 0 Å². The number of fused-ring (bicyclic) bond motifs is 10. The Morgan fingerprint density at radius 2 is 1.20 bits per heavy atom. The van der Waals surface area contributed by atoms with Crippen LogP contribution in [0.2, 0.25) is 0 Å². The number of amides is 2. The van der Waals surface area contributed by atoms with Gasteiger partial charge in [-0.25, -0.2) is 9.97 Å². The zero-order chi connectivity index (χ0) is 16.7. The summed E-state index contributed by atoms with van der Waals surface area (Å²) in [5.74, 6) is -0.759. The highest BCUT2D eigenvalue weighted by Gasteiger charge is 2.34. The van der Waals surface area contributed by atoms with Gasteiger partial charge in [-0.15, -0.1) is 0 Å². The average Bonchev–Trinajstić information content (AvgIpc) is 3.26. The van der Waals surface area contributed by atoms with Crippen molar-refractivity contribution >= 4 is 55.7 Å².